The largest absolute Gasteiger partial charge is 0.484 e. The topological polar surface area (TPSA) is 66.2 Å². The second kappa shape index (κ2) is 7.91. The number of nitriles is 1. The third kappa shape index (κ3) is 3.70. The van der Waals surface area contributed by atoms with Crippen LogP contribution in [0.5, 0.6) is 5.75 Å². The third-order valence-corrected chi connectivity index (χ3v) is 5.10. The summed E-state index contributed by atoms with van der Waals surface area (Å²) in [5.74, 6) is 0.305. The van der Waals surface area contributed by atoms with Crippen LogP contribution in [0.15, 0.2) is 78.9 Å². The van der Waals surface area contributed by atoms with E-state index in [1.54, 1.807) is 29.2 Å². The lowest BCUT2D eigenvalue weighted by Crippen LogP contribution is -2.30. The van der Waals surface area contributed by atoms with E-state index in [9.17, 15) is 4.79 Å². The molecule has 0 saturated carbocycles. The van der Waals surface area contributed by atoms with Crippen molar-refractivity contribution in [3.63, 3.8) is 0 Å². The van der Waals surface area contributed by atoms with E-state index >= 15 is 0 Å². The number of hydrogen-bond donors (Lipinski definition) is 0. The lowest BCUT2D eigenvalue weighted by molar-refractivity contribution is -0.119. The van der Waals surface area contributed by atoms with E-state index in [2.05, 4.69) is 11.1 Å². The summed E-state index contributed by atoms with van der Waals surface area (Å²) in [7, 11) is 0. The summed E-state index contributed by atoms with van der Waals surface area (Å²) in [6.45, 7) is -0.142. The number of benzene rings is 3. The highest BCUT2D eigenvalue weighted by Gasteiger charge is 2.22. The molecule has 0 aliphatic heterocycles. The number of anilines is 2. The zero-order valence-electron chi connectivity index (χ0n) is 14.8. The molecule has 6 heteroatoms. The van der Waals surface area contributed by atoms with E-state index in [0.717, 1.165) is 15.9 Å². The Labute approximate surface area is 166 Å². The van der Waals surface area contributed by atoms with E-state index in [1.807, 2.05) is 54.6 Å². The number of rotatable bonds is 5. The predicted octanol–water partition coefficient (Wildman–Crippen LogP) is 4.91. The van der Waals surface area contributed by atoms with Crippen molar-refractivity contribution in [2.75, 3.05) is 11.5 Å². The summed E-state index contributed by atoms with van der Waals surface area (Å²) in [5, 5.41) is 9.47. The van der Waals surface area contributed by atoms with Gasteiger partial charge in [0, 0.05) is 0 Å². The average molecular weight is 385 g/mol. The van der Waals surface area contributed by atoms with Crippen LogP contribution in [0.4, 0.5) is 10.8 Å². The molecule has 1 amide bonds. The number of nitrogens with zero attached hydrogens (tertiary/aromatic N) is 3. The van der Waals surface area contributed by atoms with Crippen molar-refractivity contribution in [3.8, 4) is 11.8 Å². The summed E-state index contributed by atoms with van der Waals surface area (Å²) in [6.07, 6.45) is 0. The van der Waals surface area contributed by atoms with Gasteiger partial charge < -0.3 is 4.74 Å². The normalized spacial score (nSPS) is 10.4. The molecular weight excluding hydrogens is 370 g/mol. The van der Waals surface area contributed by atoms with Crippen LogP contribution in [0.1, 0.15) is 5.56 Å². The Hall–Kier alpha value is -3.69. The van der Waals surface area contributed by atoms with Crippen molar-refractivity contribution >= 4 is 38.3 Å². The first-order valence-corrected chi connectivity index (χ1v) is 9.43. The zero-order chi connectivity index (χ0) is 19.3. The molecule has 1 aromatic heterocycles. The van der Waals surface area contributed by atoms with Crippen molar-refractivity contribution in [1.82, 2.24) is 4.98 Å². The minimum absolute atomic E-state index is 0.142. The van der Waals surface area contributed by atoms with E-state index in [4.69, 9.17) is 10.00 Å². The first-order chi connectivity index (χ1) is 13.7. The quantitative estimate of drug-likeness (QED) is 0.489. The Balaban J connectivity index is 1.61. The Morgan fingerprint density at radius 2 is 1.71 bits per heavy atom. The van der Waals surface area contributed by atoms with Gasteiger partial charge >= 0.3 is 0 Å². The maximum Gasteiger partial charge on any atom is 0.271 e. The summed E-state index contributed by atoms with van der Waals surface area (Å²) in [5.41, 5.74) is 2.12. The van der Waals surface area contributed by atoms with Gasteiger partial charge in [-0.15, -0.1) is 0 Å². The van der Waals surface area contributed by atoms with Crippen LogP contribution in [-0.4, -0.2) is 17.5 Å². The zero-order valence-corrected chi connectivity index (χ0v) is 15.6. The summed E-state index contributed by atoms with van der Waals surface area (Å²) in [4.78, 5) is 19.2. The number of hydrogen-bond acceptors (Lipinski definition) is 5. The van der Waals surface area contributed by atoms with E-state index in [0.29, 0.717) is 16.4 Å². The number of para-hydroxylation sites is 2. The molecule has 0 bridgehead atoms. The van der Waals surface area contributed by atoms with Gasteiger partial charge in [-0.25, -0.2) is 4.98 Å². The van der Waals surface area contributed by atoms with Gasteiger partial charge in [-0.3, -0.25) is 9.69 Å². The fraction of sp³-hybridized carbons (Fsp3) is 0.0455. The average Bonchev–Trinajstić information content (AvgIpc) is 3.17. The molecule has 28 heavy (non-hydrogen) atoms. The fourth-order valence-electron chi connectivity index (χ4n) is 2.73. The lowest BCUT2D eigenvalue weighted by atomic mass is 10.2. The van der Waals surface area contributed by atoms with Crippen molar-refractivity contribution in [3.05, 3.63) is 84.4 Å². The molecule has 4 aromatic rings. The Bertz CT molecular complexity index is 1110. The molecule has 0 saturated heterocycles. The number of aromatic nitrogens is 1. The molecular formula is C22H15N3O2S. The SMILES string of the molecule is N#Cc1ccc(OCC(=O)N(c2ccccc2)c2nc3ccccc3s2)cc1. The highest BCUT2D eigenvalue weighted by molar-refractivity contribution is 7.22. The maximum absolute atomic E-state index is 13.0. The number of thiazole rings is 1. The number of amides is 1. The molecule has 3 aromatic carbocycles. The molecule has 0 atom stereocenters. The molecule has 0 radical (unpaired) electrons. The molecule has 0 spiro atoms. The summed E-state index contributed by atoms with van der Waals surface area (Å²) in [6, 6.07) is 25.9. The standard InChI is InChI=1S/C22H15N3O2S/c23-14-16-10-12-18(13-11-16)27-15-21(26)25(17-6-2-1-3-7-17)22-24-19-8-4-5-9-20(19)28-22/h1-13H,15H2. The Kier molecular flexibility index (Phi) is 5.00. The number of carbonyl (C=O) groups excluding carboxylic acids is 1. The molecule has 0 unspecified atom stereocenters. The van der Waals surface area contributed by atoms with E-state index in [-0.39, 0.29) is 12.5 Å². The molecule has 4 rings (SSSR count). The minimum atomic E-state index is -0.227. The Morgan fingerprint density at radius 1 is 1.00 bits per heavy atom. The van der Waals surface area contributed by atoms with Gasteiger partial charge in [-0.2, -0.15) is 5.26 Å². The monoisotopic (exact) mass is 385 g/mol. The van der Waals surface area contributed by atoms with Crippen molar-refractivity contribution in [1.29, 1.82) is 5.26 Å². The van der Waals surface area contributed by atoms with Crippen molar-refractivity contribution in [2.45, 2.75) is 0 Å². The molecule has 5 nitrogen and oxygen atoms in total. The minimum Gasteiger partial charge on any atom is -0.484 e. The highest BCUT2D eigenvalue weighted by atomic mass is 32.1. The molecule has 0 aliphatic rings. The van der Waals surface area contributed by atoms with Crippen LogP contribution in [0.25, 0.3) is 10.2 Å². The van der Waals surface area contributed by atoms with Crippen LogP contribution in [0, 0.1) is 11.3 Å². The van der Waals surface area contributed by atoms with Crippen molar-refractivity contribution < 1.29 is 9.53 Å². The first-order valence-electron chi connectivity index (χ1n) is 8.61. The summed E-state index contributed by atoms with van der Waals surface area (Å²) < 4.78 is 6.65. The van der Waals surface area contributed by atoms with Gasteiger partial charge in [0.15, 0.2) is 11.7 Å². The highest BCUT2D eigenvalue weighted by Crippen LogP contribution is 2.33. The second-order valence-electron chi connectivity index (χ2n) is 5.95. The predicted molar refractivity (Wildman–Crippen MR) is 110 cm³/mol. The smallest absolute Gasteiger partial charge is 0.271 e. The first kappa shape index (κ1) is 17.7. The third-order valence-electron chi connectivity index (χ3n) is 4.08. The van der Waals surface area contributed by atoms with Gasteiger partial charge in [0.25, 0.3) is 5.91 Å². The lowest BCUT2D eigenvalue weighted by Gasteiger charge is -2.20. The molecule has 0 aliphatic carbocycles. The fourth-order valence-corrected chi connectivity index (χ4v) is 3.73. The molecule has 1 heterocycles. The molecule has 0 fully saturated rings. The van der Waals surface area contributed by atoms with Gasteiger partial charge in [-0.1, -0.05) is 41.7 Å². The van der Waals surface area contributed by atoms with Crippen molar-refractivity contribution in [2.24, 2.45) is 0 Å². The molecule has 0 N–H and O–H groups in total. The van der Waals surface area contributed by atoms with E-state index in [1.165, 1.54) is 11.3 Å². The van der Waals surface area contributed by atoms with Gasteiger partial charge in [0.2, 0.25) is 0 Å². The maximum atomic E-state index is 13.0. The van der Waals surface area contributed by atoms with Crippen LogP contribution in [0.3, 0.4) is 0 Å². The van der Waals surface area contributed by atoms with Gasteiger partial charge in [-0.05, 0) is 48.5 Å². The Morgan fingerprint density at radius 3 is 2.43 bits per heavy atom. The van der Waals surface area contributed by atoms with Crippen LogP contribution in [-0.2, 0) is 4.79 Å². The molecule has 136 valence electrons. The second-order valence-corrected chi connectivity index (χ2v) is 6.96. The number of fused-ring (bicyclic) bond motifs is 1. The van der Waals surface area contributed by atoms with Gasteiger partial charge in [0.1, 0.15) is 5.75 Å². The number of carbonyl (C=O) groups is 1. The van der Waals surface area contributed by atoms with Crippen LogP contribution < -0.4 is 9.64 Å². The van der Waals surface area contributed by atoms with E-state index < -0.39 is 0 Å². The summed E-state index contributed by atoms with van der Waals surface area (Å²) >= 11 is 1.46. The van der Waals surface area contributed by atoms with Crippen LogP contribution in [0.2, 0.25) is 0 Å². The number of ether oxygens (including phenoxy) is 1. The van der Waals surface area contributed by atoms with Crippen LogP contribution >= 0.6 is 11.3 Å². The van der Waals surface area contributed by atoms with Gasteiger partial charge in [0.05, 0.1) is 27.5 Å².